The highest BCUT2D eigenvalue weighted by Crippen LogP contribution is 2.18. The van der Waals surface area contributed by atoms with Gasteiger partial charge in [0.05, 0.1) is 5.69 Å². The maximum Gasteiger partial charge on any atom is 0.301 e. The summed E-state index contributed by atoms with van der Waals surface area (Å²) in [7, 11) is 1.91. The first-order chi connectivity index (χ1) is 6.75. The van der Waals surface area contributed by atoms with E-state index < -0.39 is 0 Å². The summed E-state index contributed by atoms with van der Waals surface area (Å²) in [5.74, 6) is 0.807. The topological polar surface area (TPSA) is 27.1 Å². The minimum atomic E-state index is 0.619. The van der Waals surface area contributed by atoms with Crippen molar-refractivity contribution in [3.63, 3.8) is 0 Å². The molecule has 3 heteroatoms. The van der Waals surface area contributed by atoms with E-state index >= 15 is 0 Å². The van der Waals surface area contributed by atoms with Crippen molar-refractivity contribution in [2.24, 2.45) is 7.05 Å². The van der Waals surface area contributed by atoms with Gasteiger partial charge in [-0.1, -0.05) is 18.2 Å². The van der Waals surface area contributed by atoms with E-state index in [-0.39, 0.29) is 0 Å². The molecule has 0 bridgehead atoms. The Labute approximate surface area is 83.0 Å². The lowest BCUT2D eigenvalue weighted by Crippen LogP contribution is -1.92. The minimum absolute atomic E-state index is 0.619. The van der Waals surface area contributed by atoms with Gasteiger partial charge in [0.15, 0.2) is 0 Å². The Morgan fingerprint density at radius 1 is 1.21 bits per heavy atom. The van der Waals surface area contributed by atoms with Crippen LogP contribution in [0.3, 0.4) is 0 Å². The zero-order chi connectivity index (χ0) is 9.97. The Hall–Kier alpha value is -1.77. The summed E-state index contributed by atoms with van der Waals surface area (Å²) in [6.45, 7) is 1.94. The van der Waals surface area contributed by atoms with Crippen molar-refractivity contribution in [2.75, 3.05) is 0 Å². The van der Waals surface area contributed by atoms with E-state index in [1.165, 1.54) is 0 Å². The smallest absolute Gasteiger partial charge is 0.301 e. The standard InChI is InChI=1S/C11H12N2O/c1-9-8-13(2)11(12-9)14-10-6-4-3-5-7-10/h3-8H,1-2H3. The van der Waals surface area contributed by atoms with Crippen molar-refractivity contribution in [1.29, 1.82) is 0 Å². The third-order valence-electron chi connectivity index (χ3n) is 1.91. The third-order valence-corrected chi connectivity index (χ3v) is 1.91. The van der Waals surface area contributed by atoms with Crippen LogP contribution in [-0.4, -0.2) is 9.55 Å². The molecule has 14 heavy (non-hydrogen) atoms. The van der Waals surface area contributed by atoms with Gasteiger partial charge in [0.2, 0.25) is 0 Å². The molecule has 0 radical (unpaired) electrons. The second kappa shape index (κ2) is 3.54. The number of hydrogen-bond acceptors (Lipinski definition) is 2. The van der Waals surface area contributed by atoms with Crippen LogP contribution < -0.4 is 4.74 Å². The van der Waals surface area contributed by atoms with E-state index in [4.69, 9.17) is 4.74 Å². The number of para-hydroxylation sites is 1. The molecule has 0 atom stereocenters. The fraction of sp³-hybridized carbons (Fsp3) is 0.182. The average molecular weight is 188 g/mol. The van der Waals surface area contributed by atoms with Crippen LogP contribution in [0.15, 0.2) is 36.5 Å². The predicted molar refractivity (Wildman–Crippen MR) is 54.5 cm³/mol. The van der Waals surface area contributed by atoms with Crippen LogP contribution in [0.2, 0.25) is 0 Å². The third kappa shape index (κ3) is 1.76. The summed E-state index contributed by atoms with van der Waals surface area (Å²) in [6.07, 6.45) is 1.93. The predicted octanol–water partition coefficient (Wildman–Crippen LogP) is 2.52. The van der Waals surface area contributed by atoms with E-state index in [0.717, 1.165) is 11.4 Å². The molecule has 1 aromatic heterocycles. The first-order valence-corrected chi connectivity index (χ1v) is 4.48. The van der Waals surface area contributed by atoms with Gasteiger partial charge in [-0.15, -0.1) is 0 Å². The Morgan fingerprint density at radius 2 is 1.93 bits per heavy atom. The summed E-state index contributed by atoms with van der Waals surface area (Å²) in [5, 5.41) is 0. The van der Waals surface area contributed by atoms with E-state index in [9.17, 15) is 0 Å². The molecular weight excluding hydrogens is 176 g/mol. The van der Waals surface area contributed by atoms with Gasteiger partial charge < -0.3 is 9.30 Å². The molecule has 0 aliphatic carbocycles. The average Bonchev–Trinajstić information content (AvgIpc) is 2.47. The maximum absolute atomic E-state index is 5.58. The van der Waals surface area contributed by atoms with Crippen molar-refractivity contribution in [3.8, 4) is 11.8 Å². The Bertz CT molecular complexity index is 420. The second-order valence-electron chi connectivity index (χ2n) is 3.19. The SMILES string of the molecule is Cc1cn(C)c(Oc2ccccc2)n1. The molecule has 0 saturated heterocycles. The fourth-order valence-electron chi connectivity index (χ4n) is 1.28. The molecule has 0 aliphatic rings. The van der Waals surface area contributed by atoms with Gasteiger partial charge >= 0.3 is 6.01 Å². The van der Waals surface area contributed by atoms with Gasteiger partial charge in [-0.25, -0.2) is 4.98 Å². The summed E-state index contributed by atoms with van der Waals surface area (Å²) < 4.78 is 7.45. The molecule has 0 fully saturated rings. The van der Waals surface area contributed by atoms with Gasteiger partial charge in [-0.2, -0.15) is 0 Å². The van der Waals surface area contributed by atoms with Crippen LogP contribution in [0, 0.1) is 6.92 Å². The van der Waals surface area contributed by atoms with Gasteiger partial charge in [0, 0.05) is 13.2 Å². The summed E-state index contributed by atoms with van der Waals surface area (Å²) >= 11 is 0. The highest BCUT2D eigenvalue weighted by Gasteiger charge is 2.03. The molecule has 0 saturated carbocycles. The monoisotopic (exact) mass is 188 g/mol. The Morgan fingerprint density at radius 3 is 2.50 bits per heavy atom. The number of benzene rings is 1. The summed E-state index contributed by atoms with van der Waals surface area (Å²) in [4.78, 5) is 4.25. The molecule has 0 spiro atoms. The van der Waals surface area contributed by atoms with Crippen molar-refractivity contribution >= 4 is 0 Å². The molecule has 1 heterocycles. The molecule has 1 aromatic carbocycles. The van der Waals surface area contributed by atoms with Crippen LogP contribution in [0.25, 0.3) is 0 Å². The van der Waals surface area contributed by atoms with E-state index in [1.807, 2.05) is 55.1 Å². The lowest BCUT2D eigenvalue weighted by Gasteiger charge is -2.03. The van der Waals surface area contributed by atoms with Gasteiger partial charge in [-0.3, -0.25) is 0 Å². The van der Waals surface area contributed by atoms with E-state index in [0.29, 0.717) is 6.01 Å². The first-order valence-electron chi connectivity index (χ1n) is 4.48. The van der Waals surface area contributed by atoms with Crippen LogP contribution in [-0.2, 0) is 7.05 Å². The number of hydrogen-bond donors (Lipinski definition) is 0. The summed E-state index contributed by atoms with van der Waals surface area (Å²) in [5.41, 5.74) is 0.957. The molecule has 2 aromatic rings. The zero-order valence-corrected chi connectivity index (χ0v) is 8.27. The van der Waals surface area contributed by atoms with Gasteiger partial charge in [-0.05, 0) is 19.1 Å². The fourth-order valence-corrected chi connectivity index (χ4v) is 1.28. The van der Waals surface area contributed by atoms with Crippen molar-refractivity contribution < 1.29 is 4.74 Å². The Balaban J connectivity index is 2.23. The van der Waals surface area contributed by atoms with E-state index in [1.54, 1.807) is 0 Å². The van der Waals surface area contributed by atoms with Crippen molar-refractivity contribution in [2.45, 2.75) is 6.92 Å². The molecule has 3 nitrogen and oxygen atoms in total. The van der Waals surface area contributed by atoms with Gasteiger partial charge in [0.25, 0.3) is 0 Å². The van der Waals surface area contributed by atoms with Gasteiger partial charge in [0.1, 0.15) is 5.75 Å². The molecule has 0 unspecified atom stereocenters. The van der Waals surface area contributed by atoms with E-state index in [2.05, 4.69) is 4.98 Å². The van der Waals surface area contributed by atoms with Crippen LogP contribution in [0.1, 0.15) is 5.69 Å². The molecule has 0 aliphatic heterocycles. The highest BCUT2D eigenvalue weighted by atomic mass is 16.5. The highest BCUT2D eigenvalue weighted by molar-refractivity contribution is 5.24. The lowest BCUT2D eigenvalue weighted by molar-refractivity contribution is 0.424. The quantitative estimate of drug-likeness (QED) is 0.724. The number of ether oxygens (including phenoxy) is 1. The number of aryl methyl sites for hydroxylation is 2. The number of nitrogens with zero attached hydrogens (tertiary/aromatic N) is 2. The first kappa shape index (κ1) is 8.81. The number of aromatic nitrogens is 2. The summed E-state index contributed by atoms with van der Waals surface area (Å²) in [6, 6.07) is 10.3. The van der Waals surface area contributed by atoms with Crippen molar-refractivity contribution in [3.05, 3.63) is 42.2 Å². The molecule has 0 N–H and O–H groups in total. The van der Waals surface area contributed by atoms with Crippen LogP contribution >= 0.6 is 0 Å². The lowest BCUT2D eigenvalue weighted by atomic mass is 10.3. The second-order valence-corrected chi connectivity index (χ2v) is 3.19. The largest absolute Gasteiger partial charge is 0.426 e. The molecule has 72 valence electrons. The van der Waals surface area contributed by atoms with Crippen LogP contribution in [0.5, 0.6) is 11.8 Å². The number of rotatable bonds is 2. The zero-order valence-electron chi connectivity index (χ0n) is 8.27. The number of imidazole rings is 1. The van der Waals surface area contributed by atoms with Crippen molar-refractivity contribution in [1.82, 2.24) is 9.55 Å². The maximum atomic E-state index is 5.58. The Kier molecular flexibility index (Phi) is 2.23. The molecule has 2 rings (SSSR count). The minimum Gasteiger partial charge on any atom is -0.426 e. The van der Waals surface area contributed by atoms with Crippen LogP contribution in [0.4, 0.5) is 0 Å². The molecule has 0 amide bonds. The normalized spacial score (nSPS) is 10.1. The molecular formula is C11H12N2O.